The van der Waals surface area contributed by atoms with E-state index in [1.165, 1.54) is 6.07 Å². The number of carbonyl (C=O) groups is 1. The van der Waals surface area contributed by atoms with E-state index in [2.05, 4.69) is 20.7 Å². The number of aromatic nitrogens is 3. The van der Waals surface area contributed by atoms with Crippen LogP contribution in [0.15, 0.2) is 30.7 Å². The number of hydrogen-bond acceptors (Lipinski definition) is 4. The van der Waals surface area contributed by atoms with Crippen LogP contribution in [-0.2, 0) is 6.54 Å². The summed E-state index contributed by atoms with van der Waals surface area (Å²) >= 11 is 0. The van der Waals surface area contributed by atoms with Gasteiger partial charge in [0.25, 0.3) is 5.91 Å². The molecule has 0 aliphatic carbocycles. The Kier molecular flexibility index (Phi) is 4.86. The van der Waals surface area contributed by atoms with E-state index in [-0.39, 0.29) is 17.5 Å². The first-order valence-corrected chi connectivity index (χ1v) is 6.78. The number of rotatable bonds is 6. The Bertz CT molecular complexity index is 599. The fourth-order valence-corrected chi connectivity index (χ4v) is 1.96. The van der Waals surface area contributed by atoms with Gasteiger partial charge in [-0.3, -0.25) is 9.48 Å². The van der Waals surface area contributed by atoms with Crippen molar-refractivity contribution in [2.75, 3.05) is 11.9 Å². The number of carbonyl (C=O) groups excluding carboxylic acids is 1. The molecule has 0 aliphatic heterocycles. The molecule has 2 aromatic rings. The second-order valence-electron chi connectivity index (χ2n) is 4.68. The summed E-state index contributed by atoms with van der Waals surface area (Å²) in [6.45, 7) is 4.88. The number of nitrogens with one attached hydrogen (secondary N) is 2. The molecule has 112 valence electrons. The molecule has 0 saturated carbocycles. The summed E-state index contributed by atoms with van der Waals surface area (Å²) in [4.78, 5) is 16.2. The lowest BCUT2D eigenvalue weighted by molar-refractivity contribution is 0.0936. The fourth-order valence-electron chi connectivity index (χ4n) is 1.96. The second kappa shape index (κ2) is 6.83. The van der Waals surface area contributed by atoms with Crippen molar-refractivity contribution >= 4 is 11.7 Å². The van der Waals surface area contributed by atoms with Crippen LogP contribution in [0.3, 0.4) is 0 Å². The smallest absolute Gasteiger partial charge is 0.255 e. The fraction of sp³-hybridized carbons (Fsp3) is 0.357. The van der Waals surface area contributed by atoms with Gasteiger partial charge in [-0.05, 0) is 26.0 Å². The molecular weight excluding hydrogens is 273 g/mol. The highest BCUT2D eigenvalue weighted by Gasteiger charge is 2.16. The molecule has 1 atom stereocenters. The zero-order chi connectivity index (χ0) is 15.2. The van der Waals surface area contributed by atoms with Crippen LogP contribution < -0.4 is 10.6 Å². The van der Waals surface area contributed by atoms with Gasteiger partial charge in [-0.15, -0.1) is 0 Å². The molecular formula is C14H18FN5O. The standard InChI is InChI=1S/C14H18FN5O/c1-3-16-13-12(7-11(15)8-17-13)14(21)19-10(2)9-20-6-4-5-18-20/h4-8,10H,3,9H2,1-2H3,(H,16,17)(H,19,21). The van der Waals surface area contributed by atoms with Crippen LogP contribution in [0, 0.1) is 5.82 Å². The van der Waals surface area contributed by atoms with Crippen molar-refractivity contribution < 1.29 is 9.18 Å². The zero-order valence-electron chi connectivity index (χ0n) is 12.0. The summed E-state index contributed by atoms with van der Waals surface area (Å²) in [6.07, 6.45) is 4.58. The minimum Gasteiger partial charge on any atom is -0.370 e. The van der Waals surface area contributed by atoms with Gasteiger partial charge in [-0.1, -0.05) is 0 Å². The lowest BCUT2D eigenvalue weighted by Crippen LogP contribution is -2.36. The Morgan fingerprint density at radius 2 is 2.33 bits per heavy atom. The number of pyridine rings is 1. The highest BCUT2D eigenvalue weighted by Crippen LogP contribution is 2.13. The van der Waals surface area contributed by atoms with Crippen molar-refractivity contribution in [3.8, 4) is 0 Å². The van der Waals surface area contributed by atoms with Crippen molar-refractivity contribution in [1.82, 2.24) is 20.1 Å². The van der Waals surface area contributed by atoms with Gasteiger partial charge < -0.3 is 10.6 Å². The van der Waals surface area contributed by atoms with Gasteiger partial charge in [0.2, 0.25) is 0 Å². The summed E-state index contributed by atoms with van der Waals surface area (Å²) in [6, 6.07) is 2.85. The van der Waals surface area contributed by atoms with Crippen LogP contribution in [-0.4, -0.2) is 33.3 Å². The van der Waals surface area contributed by atoms with Gasteiger partial charge in [0.05, 0.1) is 18.3 Å². The van der Waals surface area contributed by atoms with Crippen molar-refractivity contribution in [1.29, 1.82) is 0 Å². The molecule has 2 heterocycles. The molecule has 2 aromatic heterocycles. The monoisotopic (exact) mass is 291 g/mol. The largest absolute Gasteiger partial charge is 0.370 e. The van der Waals surface area contributed by atoms with Gasteiger partial charge in [-0.25, -0.2) is 9.37 Å². The Morgan fingerprint density at radius 1 is 1.52 bits per heavy atom. The van der Waals surface area contributed by atoms with E-state index >= 15 is 0 Å². The van der Waals surface area contributed by atoms with Crippen molar-refractivity contribution in [2.24, 2.45) is 0 Å². The summed E-state index contributed by atoms with van der Waals surface area (Å²) in [5.41, 5.74) is 0.198. The van der Waals surface area contributed by atoms with Gasteiger partial charge in [0, 0.05) is 25.0 Å². The summed E-state index contributed by atoms with van der Waals surface area (Å²) in [5, 5.41) is 9.84. The molecule has 1 unspecified atom stereocenters. The van der Waals surface area contributed by atoms with Crippen LogP contribution in [0.4, 0.5) is 10.2 Å². The molecule has 21 heavy (non-hydrogen) atoms. The average Bonchev–Trinajstić information content (AvgIpc) is 2.93. The van der Waals surface area contributed by atoms with Crippen LogP contribution >= 0.6 is 0 Å². The molecule has 0 radical (unpaired) electrons. The molecule has 0 spiro atoms. The van der Waals surface area contributed by atoms with E-state index in [0.29, 0.717) is 18.9 Å². The minimum absolute atomic E-state index is 0.143. The first-order valence-electron chi connectivity index (χ1n) is 6.78. The molecule has 0 saturated heterocycles. The van der Waals surface area contributed by atoms with E-state index in [0.717, 1.165) is 6.20 Å². The second-order valence-corrected chi connectivity index (χ2v) is 4.68. The van der Waals surface area contributed by atoms with E-state index in [9.17, 15) is 9.18 Å². The van der Waals surface area contributed by atoms with Crippen LogP contribution in [0.2, 0.25) is 0 Å². The molecule has 6 nitrogen and oxygen atoms in total. The average molecular weight is 291 g/mol. The quantitative estimate of drug-likeness (QED) is 0.849. The molecule has 0 aliphatic rings. The van der Waals surface area contributed by atoms with Crippen LogP contribution in [0.5, 0.6) is 0 Å². The maximum Gasteiger partial charge on any atom is 0.255 e. The molecule has 2 rings (SSSR count). The number of anilines is 1. The Balaban J connectivity index is 2.07. The van der Waals surface area contributed by atoms with E-state index in [1.807, 2.05) is 26.1 Å². The van der Waals surface area contributed by atoms with E-state index in [4.69, 9.17) is 0 Å². The Hall–Kier alpha value is -2.44. The molecule has 7 heteroatoms. The molecule has 2 N–H and O–H groups in total. The van der Waals surface area contributed by atoms with E-state index < -0.39 is 5.82 Å². The molecule has 0 fully saturated rings. The van der Waals surface area contributed by atoms with Crippen molar-refractivity contribution in [3.63, 3.8) is 0 Å². The Morgan fingerprint density at radius 3 is 3.00 bits per heavy atom. The number of hydrogen-bond donors (Lipinski definition) is 2. The maximum atomic E-state index is 13.3. The van der Waals surface area contributed by atoms with Gasteiger partial charge in [-0.2, -0.15) is 5.10 Å². The van der Waals surface area contributed by atoms with Crippen molar-refractivity contribution in [2.45, 2.75) is 26.4 Å². The topological polar surface area (TPSA) is 71.8 Å². The van der Waals surface area contributed by atoms with E-state index in [1.54, 1.807) is 10.9 Å². The third-order valence-electron chi connectivity index (χ3n) is 2.84. The predicted molar refractivity (Wildman–Crippen MR) is 77.5 cm³/mol. The van der Waals surface area contributed by atoms with Gasteiger partial charge in [0.15, 0.2) is 0 Å². The van der Waals surface area contributed by atoms with Crippen molar-refractivity contribution in [3.05, 3.63) is 42.1 Å². The zero-order valence-corrected chi connectivity index (χ0v) is 12.0. The summed E-state index contributed by atoms with van der Waals surface area (Å²) in [7, 11) is 0. The third-order valence-corrected chi connectivity index (χ3v) is 2.84. The van der Waals surface area contributed by atoms with Crippen LogP contribution in [0.1, 0.15) is 24.2 Å². The minimum atomic E-state index is -0.540. The summed E-state index contributed by atoms with van der Waals surface area (Å²) < 4.78 is 15.0. The first-order chi connectivity index (χ1) is 10.1. The summed E-state index contributed by atoms with van der Waals surface area (Å²) in [5.74, 6) is -0.526. The lowest BCUT2D eigenvalue weighted by atomic mass is 10.2. The van der Waals surface area contributed by atoms with Gasteiger partial charge >= 0.3 is 0 Å². The highest BCUT2D eigenvalue weighted by atomic mass is 19.1. The Labute approximate surface area is 122 Å². The number of halogens is 1. The first kappa shape index (κ1) is 15.0. The normalized spacial score (nSPS) is 12.0. The maximum absolute atomic E-state index is 13.3. The van der Waals surface area contributed by atoms with Crippen LogP contribution in [0.25, 0.3) is 0 Å². The molecule has 1 amide bonds. The third kappa shape index (κ3) is 4.01. The number of nitrogens with zero attached hydrogens (tertiary/aromatic N) is 3. The SMILES string of the molecule is CCNc1ncc(F)cc1C(=O)NC(C)Cn1cccn1. The highest BCUT2D eigenvalue weighted by molar-refractivity contribution is 5.98. The molecule has 0 bridgehead atoms. The van der Waals surface area contributed by atoms with Gasteiger partial charge in [0.1, 0.15) is 11.6 Å². The molecule has 0 aromatic carbocycles. The lowest BCUT2D eigenvalue weighted by Gasteiger charge is -2.15. The predicted octanol–water partition coefficient (Wildman–Crippen LogP) is 1.67. The number of amides is 1.